The number of rotatable bonds is 4. The molecule has 2 aliphatic heterocycles. The van der Waals surface area contributed by atoms with E-state index in [1.54, 1.807) is 41.5 Å². The summed E-state index contributed by atoms with van der Waals surface area (Å²) >= 11 is 1.39. The molecule has 2 aliphatic rings. The molecular weight excluding hydrogens is 572 g/mol. The summed E-state index contributed by atoms with van der Waals surface area (Å²) in [6.07, 6.45) is 0.870. The number of aliphatic hydroxyl groups is 2. The van der Waals surface area contributed by atoms with Crippen molar-refractivity contribution in [3.63, 3.8) is 0 Å². The van der Waals surface area contributed by atoms with Crippen LogP contribution in [0.5, 0.6) is 0 Å². The van der Waals surface area contributed by atoms with Crippen LogP contribution < -0.4 is 5.32 Å². The van der Waals surface area contributed by atoms with E-state index < -0.39 is 47.3 Å². The van der Waals surface area contributed by atoms with Crippen LogP contribution >= 0.6 is 11.3 Å². The zero-order chi connectivity index (χ0) is 32.3. The summed E-state index contributed by atoms with van der Waals surface area (Å²) in [5.41, 5.74) is -0.781. The number of amides is 1. The average Bonchev–Trinajstić information content (AvgIpc) is 3.31. The number of Topliss-reactive ketones (excluding diaryl/α,β-unsaturated/α-hetero) is 1. The van der Waals surface area contributed by atoms with E-state index in [9.17, 15) is 24.6 Å². The van der Waals surface area contributed by atoms with Crippen LogP contribution in [0.3, 0.4) is 0 Å². The molecule has 0 aliphatic carbocycles. The van der Waals surface area contributed by atoms with E-state index in [-0.39, 0.29) is 36.4 Å². The van der Waals surface area contributed by atoms with Crippen LogP contribution in [0.15, 0.2) is 11.0 Å². The van der Waals surface area contributed by atoms with Crippen molar-refractivity contribution in [1.29, 1.82) is 0 Å². The van der Waals surface area contributed by atoms with Crippen molar-refractivity contribution in [1.82, 2.24) is 10.3 Å². The maximum Gasteiger partial charge on any atom is 0.408 e. The van der Waals surface area contributed by atoms with Crippen molar-refractivity contribution in [2.75, 3.05) is 0 Å². The molecule has 1 amide bonds. The Balaban J connectivity index is 1.78. The zero-order valence-corrected chi connectivity index (χ0v) is 27.9. The molecule has 1 aromatic heterocycles. The zero-order valence-electron chi connectivity index (χ0n) is 27.1. The number of carbonyl (C=O) groups excluding carboxylic acids is 3. The number of carbonyl (C=O) groups is 3. The fraction of sp³-hybridized carbons (Fsp3) is 0.750. The number of nitrogens with one attached hydrogen (secondary N) is 1. The number of hydrogen-bond acceptors (Lipinski definition) is 10. The first-order chi connectivity index (χ1) is 19.8. The number of nitrogens with zero attached hydrogens (tertiary/aromatic N) is 1. The molecule has 242 valence electrons. The van der Waals surface area contributed by atoms with E-state index in [2.05, 4.69) is 10.3 Å². The van der Waals surface area contributed by atoms with Crippen LogP contribution in [0, 0.1) is 17.3 Å². The minimum atomic E-state index is -1.28. The molecule has 0 radical (unpaired) electrons. The molecule has 0 aromatic carbocycles. The molecule has 0 unspecified atom stereocenters. The van der Waals surface area contributed by atoms with E-state index in [4.69, 9.17) is 14.2 Å². The molecule has 3 N–H and O–H groups in total. The number of ether oxygens (including phenoxy) is 3. The van der Waals surface area contributed by atoms with Gasteiger partial charge >= 0.3 is 12.1 Å². The van der Waals surface area contributed by atoms with Crippen molar-refractivity contribution >= 4 is 35.3 Å². The number of cyclic esters (lactones) is 1. The lowest BCUT2D eigenvalue weighted by Crippen LogP contribution is -2.45. The second-order valence-corrected chi connectivity index (χ2v) is 14.9. The number of epoxide rings is 1. The molecule has 3 rings (SSSR count). The maximum absolute atomic E-state index is 13.3. The van der Waals surface area contributed by atoms with Gasteiger partial charge in [-0.2, -0.15) is 0 Å². The first-order valence-electron chi connectivity index (χ1n) is 15.2. The Morgan fingerprint density at radius 1 is 1.23 bits per heavy atom. The predicted octanol–water partition coefficient (Wildman–Crippen LogP) is 5.19. The van der Waals surface area contributed by atoms with Crippen LogP contribution in [0.2, 0.25) is 0 Å². The molecular formula is C32H50N2O8S. The lowest BCUT2D eigenvalue weighted by Gasteiger charge is -2.34. The first kappa shape index (κ1) is 35.1. The highest BCUT2D eigenvalue weighted by Crippen LogP contribution is 2.45. The SMILES string of the molecule is CC(=Cc1csc(CNC(=O)OC(C)(C)C)n1)[C@H]1C[C@@H]2O[C@@]2(C)CCC[C@@H](C)[C@@H](O)[C@H](C)C(=O)C(C)(C)[C@H](O)CC(=O)O1. The highest BCUT2D eigenvalue weighted by atomic mass is 32.1. The molecule has 1 aromatic rings. The standard InChI is InChI=1S/C32H50N2O8S/c1-18-11-10-12-32(9)24(41-32)14-22(40-26(36)15-23(35)31(7,8)28(38)20(3)27(18)37)19(2)13-21-17-43-25(34-21)16-33-29(39)42-30(4,5)6/h13,17-18,20,22-24,27,35,37H,10-12,14-16H2,1-9H3,(H,33,39)/t18-,20+,22-,23-,24+,27-,32+/m1/s1. The van der Waals surface area contributed by atoms with Gasteiger partial charge in [-0.1, -0.05) is 34.1 Å². The summed E-state index contributed by atoms with van der Waals surface area (Å²) < 4.78 is 17.3. The van der Waals surface area contributed by atoms with Crippen LogP contribution in [-0.2, 0) is 30.3 Å². The van der Waals surface area contributed by atoms with Gasteiger partial charge in [-0.15, -0.1) is 11.3 Å². The number of esters is 1. The van der Waals surface area contributed by atoms with E-state index in [0.717, 1.165) is 24.8 Å². The van der Waals surface area contributed by atoms with Gasteiger partial charge in [-0.3, -0.25) is 9.59 Å². The van der Waals surface area contributed by atoms with Gasteiger partial charge in [0.15, 0.2) is 0 Å². The number of hydrogen-bond donors (Lipinski definition) is 3. The third-order valence-corrected chi connectivity index (χ3v) is 9.51. The molecule has 2 saturated heterocycles. The summed E-state index contributed by atoms with van der Waals surface area (Å²) in [5, 5.41) is 27.1. The third kappa shape index (κ3) is 9.57. The van der Waals surface area contributed by atoms with Crippen LogP contribution in [0.4, 0.5) is 4.79 Å². The Hall–Kier alpha value is -2.34. The Morgan fingerprint density at radius 2 is 1.91 bits per heavy atom. The van der Waals surface area contributed by atoms with Gasteiger partial charge in [0, 0.05) is 17.7 Å². The summed E-state index contributed by atoms with van der Waals surface area (Å²) in [6.45, 7) is 16.4. The number of alkyl carbamates (subject to hydrolysis) is 1. The predicted molar refractivity (Wildman–Crippen MR) is 164 cm³/mol. The van der Waals surface area contributed by atoms with Crippen LogP contribution in [-0.4, -0.2) is 68.7 Å². The number of aliphatic hydroxyl groups excluding tert-OH is 2. The molecule has 3 heterocycles. The molecule has 43 heavy (non-hydrogen) atoms. The maximum atomic E-state index is 13.3. The quantitative estimate of drug-likeness (QED) is 0.305. The Bertz CT molecular complexity index is 1190. The number of thiazole rings is 1. The average molecular weight is 623 g/mol. The monoisotopic (exact) mass is 622 g/mol. The fourth-order valence-electron chi connectivity index (χ4n) is 5.55. The molecule has 7 atom stereocenters. The van der Waals surface area contributed by atoms with E-state index >= 15 is 0 Å². The Labute approximate surface area is 259 Å². The van der Waals surface area contributed by atoms with Gasteiger partial charge in [0.2, 0.25) is 0 Å². The largest absolute Gasteiger partial charge is 0.458 e. The molecule has 2 fully saturated rings. The van der Waals surface area contributed by atoms with Gasteiger partial charge in [-0.25, -0.2) is 9.78 Å². The summed E-state index contributed by atoms with van der Waals surface area (Å²) in [5.74, 6) is -1.71. The topological polar surface area (TPSA) is 148 Å². The minimum absolute atomic E-state index is 0.106. The van der Waals surface area contributed by atoms with Gasteiger partial charge in [-0.05, 0) is 65.0 Å². The van der Waals surface area contributed by atoms with Crippen molar-refractivity contribution in [2.24, 2.45) is 17.3 Å². The summed E-state index contributed by atoms with van der Waals surface area (Å²) in [4.78, 5) is 43.0. The Morgan fingerprint density at radius 3 is 2.56 bits per heavy atom. The highest BCUT2D eigenvalue weighted by molar-refractivity contribution is 7.09. The van der Waals surface area contributed by atoms with Crippen molar-refractivity contribution in [3.8, 4) is 0 Å². The minimum Gasteiger partial charge on any atom is -0.458 e. The van der Waals surface area contributed by atoms with Crippen LogP contribution in [0.1, 0.15) is 105 Å². The van der Waals surface area contributed by atoms with E-state index in [1.807, 2.05) is 32.2 Å². The third-order valence-electron chi connectivity index (χ3n) is 8.64. The molecule has 10 nitrogen and oxygen atoms in total. The van der Waals surface area contributed by atoms with Crippen LogP contribution in [0.25, 0.3) is 6.08 Å². The van der Waals surface area contributed by atoms with Gasteiger partial charge in [0.05, 0.1) is 48.0 Å². The van der Waals surface area contributed by atoms with Crippen molar-refractivity contribution < 1.29 is 38.8 Å². The lowest BCUT2D eigenvalue weighted by atomic mass is 9.73. The van der Waals surface area contributed by atoms with Crippen molar-refractivity contribution in [3.05, 3.63) is 21.7 Å². The molecule has 0 bridgehead atoms. The molecule has 11 heteroatoms. The van der Waals surface area contributed by atoms with Crippen molar-refractivity contribution in [2.45, 2.75) is 137 Å². The second-order valence-electron chi connectivity index (χ2n) is 14.0. The Kier molecular flexibility index (Phi) is 11.2. The van der Waals surface area contributed by atoms with E-state index in [0.29, 0.717) is 17.1 Å². The summed E-state index contributed by atoms with van der Waals surface area (Å²) in [7, 11) is 0. The normalized spacial score (nSPS) is 32.9. The van der Waals surface area contributed by atoms with E-state index in [1.165, 1.54) is 11.3 Å². The second kappa shape index (κ2) is 13.7. The fourth-order valence-corrected chi connectivity index (χ4v) is 6.25. The number of aromatic nitrogens is 1. The lowest BCUT2D eigenvalue weighted by molar-refractivity contribution is -0.154. The smallest absolute Gasteiger partial charge is 0.408 e. The molecule has 0 spiro atoms. The first-order valence-corrected chi connectivity index (χ1v) is 16.1. The number of fused-ring (bicyclic) bond motifs is 1. The number of ketones is 1. The summed E-state index contributed by atoms with van der Waals surface area (Å²) in [6, 6.07) is 0. The highest BCUT2D eigenvalue weighted by Gasteiger charge is 2.53. The van der Waals surface area contributed by atoms with Gasteiger partial charge < -0.3 is 29.7 Å². The van der Waals surface area contributed by atoms with Gasteiger partial charge in [0.25, 0.3) is 0 Å². The van der Waals surface area contributed by atoms with Gasteiger partial charge in [0.1, 0.15) is 22.5 Å². The molecule has 0 saturated carbocycles.